The topological polar surface area (TPSA) is 45.1 Å². The molecule has 0 aliphatic rings. The van der Waals surface area contributed by atoms with Crippen molar-refractivity contribution in [3.05, 3.63) is 60.7 Å². The van der Waals surface area contributed by atoms with Crippen molar-refractivity contribution in [1.82, 2.24) is 4.98 Å². The first-order chi connectivity index (χ1) is 10.2. The van der Waals surface area contributed by atoms with Crippen molar-refractivity contribution < 1.29 is 5.11 Å². The smallest absolute Gasteiger partial charge is 0.0730 e. The second-order valence-corrected chi connectivity index (χ2v) is 5.17. The Bertz CT molecular complexity index is 744. The maximum Gasteiger partial charge on any atom is 0.0730 e. The third-order valence-electron chi connectivity index (χ3n) is 3.37. The van der Waals surface area contributed by atoms with Gasteiger partial charge in [-0.2, -0.15) is 0 Å². The summed E-state index contributed by atoms with van der Waals surface area (Å²) in [6.45, 7) is 2.29. The number of aromatic nitrogens is 1. The van der Waals surface area contributed by atoms with Crippen molar-refractivity contribution in [3.8, 4) is 11.3 Å². The maximum absolute atomic E-state index is 9.49. The summed E-state index contributed by atoms with van der Waals surface area (Å²) in [6, 6.07) is 20.2. The molecular formula is C18H19ClN2O. The predicted molar refractivity (Wildman–Crippen MR) is 94.6 cm³/mol. The SMILES string of the molecule is CC(O)CNc1cc(-c2ccccc2)nc2ccccc12.Cl. The number of hydrogen-bond acceptors (Lipinski definition) is 3. The minimum atomic E-state index is -0.392. The number of aliphatic hydroxyl groups is 1. The zero-order valence-electron chi connectivity index (χ0n) is 12.4. The Balaban J connectivity index is 0.00000176. The number of benzene rings is 2. The minimum Gasteiger partial charge on any atom is -0.392 e. The van der Waals surface area contributed by atoms with Gasteiger partial charge in [-0.1, -0.05) is 48.5 Å². The monoisotopic (exact) mass is 314 g/mol. The fourth-order valence-corrected chi connectivity index (χ4v) is 2.34. The highest BCUT2D eigenvalue weighted by molar-refractivity contribution is 5.93. The number of nitrogens with one attached hydrogen (secondary N) is 1. The van der Waals surface area contributed by atoms with E-state index in [1.807, 2.05) is 48.5 Å². The van der Waals surface area contributed by atoms with E-state index in [1.165, 1.54) is 0 Å². The van der Waals surface area contributed by atoms with Crippen molar-refractivity contribution in [2.24, 2.45) is 0 Å². The summed E-state index contributed by atoms with van der Waals surface area (Å²) >= 11 is 0. The van der Waals surface area contributed by atoms with E-state index in [0.717, 1.165) is 27.8 Å². The Morgan fingerprint density at radius 1 is 1.05 bits per heavy atom. The van der Waals surface area contributed by atoms with Crippen LogP contribution in [0.3, 0.4) is 0 Å². The van der Waals surface area contributed by atoms with E-state index in [0.29, 0.717) is 6.54 Å². The number of para-hydroxylation sites is 1. The molecule has 4 heteroatoms. The molecule has 0 fully saturated rings. The van der Waals surface area contributed by atoms with Crippen molar-refractivity contribution in [1.29, 1.82) is 0 Å². The third-order valence-corrected chi connectivity index (χ3v) is 3.37. The summed E-state index contributed by atoms with van der Waals surface area (Å²) in [7, 11) is 0. The molecule has 0 aliphatic carbocycles. The second kappa shape index (κ2) is 7.25. The molecule has 1 aromatic heterocycles. The van der Waals surface area contributed by atoms with E-state index in [1.54, 1.807) is 6.92 Å². The van der Waals surface area contributed by atoms with Crippen LogP contribution in [0.4, 0.5) is 5.69 Å². The number of fused-ring (bicyclic) bond motifs is 1. The number of aliphatic hydroxyl groups excluding tert-OH is 1. The molecule has 22 heavy (non-hydrogen) atoms. The Hall–Kier alpha value is -2.10. The molecule has 2 aromatic carbocycles. The average molecular weight is 315 g/mol. The van der Waals surface area contributed by atoms with Crippen LogP contribution < -0.4 is 5.32 Å². The molecule has 0 radical (unpaired) electrons. The molecule has 3 nitrogen and oxygen atoms in total. The zero-order valence-corrected chi connectivity index (χ0v) is 13.2. The van der Waals surface area contributed by atoms with Crippen LogP contribution >= 0.6 is 12.4 Å². The summed E-state index contributed by atoms with van der Waals surface area (Å²) in [4.78, 5) is 4.73. The maximum atomic E-state index is 9.49. The number of rotatable bonds is 4. The Labute approximate surface area is 136 Å². The first kappa shape index (κ1) is 16.3. The minimum absolute atomic E-state index is 0. The number of nitrogens with zero attached hydrogens (tertiary/aromatic N) is 1. The fraction of sp³-hybridized carbons (Fsp3) is 0.167. The van der Waals surface area contributed by atoms with Crippen LogP contribution in [0.1, 0.15) is 6.92 Å². The quantitative estimate of drug-likeness (QED) is 0.761. The van der Waals surface area contributed by atoms with Crippen LogP contribution in [-0.4, -0.2) is 22.7 Å². The van der Waals surface area contributed by atoms with E-state index < -0.39 is 6.10 Å². The van der Waals surface area contributed by atoms with Gasteiger partial charge < -0.3 is 10.4 Å². The first-order valence-corrected chi connectivity index (χ1v) is 7.11. The van der Waals surface area contributed by atoms with Crippen LogP contribution in [-0.2, 0) is 0 Å². The lowest BCUT2D eigenvalue weighted by Crippen LogP contribution is -2.15. The summed E-state index contributed by atoms with van der Waals surface area (Å²) in [5.74, 6) is 0. The molecule has 0 spiro atoms. The van der Waals surface area contributed by atoms with Crippen molar-refractivity contribution >= 4 is 29.0 Å². The van der Waals surface area contributed by atoms with Gasteiger partial charge in [-0.05, 0) is 19.1 Å². The molecule has 3 aromatic rings. The lowest BCUT2D eigenvalue weighted by atomic mass is 10.1. The van der Waals surface area contributed by atoms with Crippen LogP contribution in [0.5, 0.6) is 0 Å². The van der Waals surface area contributed by atoms with Gasteiger partial charge in [0.05, 0.1) is 17.3 Å². The lowest BCUT2D eigenvalue weighted by Gasteiger charge is -2.13. The van der Waals surface area contributed by atoms with Gasteiger partial charge in [0, 0.05) is 23.2 Å². The van der Waals surface area contributed by atoms with Gasteiger partial charge in [0.15, 0.2) is 0 Å². The van der Waals surface area contributed by atoms with Gasteiger partial charge in [0.25, 0.3) is 0 Å². The lowest BCUT2D eigenvalue weighted by molar-refractivity contribution is 0.208. The largest absolute Gasteiger partial charge is 0.392 e. The molecular weight excluding hydrogens is 296 g/mol. The van der Waals surface area contributed by atoms with E-state index >= 15 is 0 Å². The van der Waals surface area contributed by atoms with Gasteiger partial charge in [0.2, 0.25) is 0 Å². The Morgan fingerprint density at radius 2 is 1.73 bits per heavy atom. The Morgan fingerprint density at radius 3 is 2.45 bits per heavy atom. The number of pyridine rings is 1. The second-order valence-electron chi connectivity index (χ2n) is 5.17. The van der Waals surface area contributed by atoms with E-state index in [-0.39, 0.29) is 12.4 Å². The molecule has 1 atom stereocenters. The molecule has 114 valence electrons. The molecule has 2 N–H and O–H groups in total. The van der Waals surface area contributed by atoms with Gasteiger partial charge in [-0.25, -0.2) is 4.98 Å². The number of hydrogen-bond donors (Lipinski definition) is 2. The normalized spacial score (nSPS) is 11.7. The molecule has 0 amide bonds. The van der Waals surface area contributed by atoms with Gasteiger partial charge in [-0.3, -0.25) is 0 Å². The molecule has 0 saturated heterocycles. The summed E-state index contributed by atoms with van der Waals surface area (Å²) < 4.78 is 0. The molecule has 3 rings (SSSR count). The van der Waals surface area contributed by atoms with Crippen LogP contribution in [0.15, 0.2) is 60.7 Å². The van der Waals surface area contributed by atoms with Gasteiger partial charge in [0.1, 0.15) is 0 Å². The van der Waals surface area contributed by atoms with Crippen molar-refractivity contribution in [2.75, 3.05) is 11.9 Å². The molecule has 0 saturated carbocycles. The summed E-state index contributed by atoms with van der Waals surface area (Å²) in [6.07, 6.45) is -0.392. The van der Waals surface area contributed by atoms with Gasteiger partial charge in [-0.15, -0.1) is 12.4 Å². The average Bonchev–Trinajstić information content (AvgIpc) is 2.53. The fourth-order valence-electron chi connectivity index (χ4n) is 2.34. The van der Waals surface area contributed by atoms with Crippen LogP contribution in [0.25, 0.3) is 22.2 Å². The van der Waals surface area contributed by atoms with Crippen molar-refractivity contribution in [3.63, 3.8) is 0 Å². The molecule has 0 aliphatic heterocycles. The van der Waals surface area contributed by atoms with E-state index in [9.17, 15) is 5.11 Å². The van der Waals surface area contributed by atoms with E-state index in [4.69, 9.17) is 4.98 Å². The van der Waals surface area contributed by atoms with E-state index in [2.05, 4.69) is 17.4 Å². The highest BCUT2D eigenvalue weighted by Gasteiger charge is 2.07. The van der Waals surface area contributed by atoms with Crippen molar-refractivity contribution in [2.45, 2.75) is 13.0 Å². The molecule has 1 unspecified atom stereocenters. The molecule has 1 heterocycles. The standard InChI is InChI=1S/C18H18N2O.ClH/c1-13(21)12-19-18-11-17(14-7-3-2-4-8-14)20-16-10-6-5-9-15(16)18;/h2-11,13,21H,12H2,1H3,(H,19,20);1H. The van der Waals surface area contributed by atoms with Crippen LogP contribution in [0, 0.1) is 0 Å². The Kier molecular flexibility index (Phi) is 5.36. The number of anilines is 1. The van der Waals surface area contributed by atoms with Crippen LogP contribution in [0.2, 0.25) is 0 Å². The molecule has 0 bridgehead atoms. The summed E-state index contributed by atoms with van der Waals surface area (Å²) in [5, 5.41) is 13.9. The third kappa shape index (κ3) is 3.56. The number of halogens is 1. The predicted octanol–water partition coefficient (Wildman–Crippen LogP) is 4.12. The summed E-state index contributed by atoms with van der Waals surface area (Å²) in [5.41, 5.74) is 3.97. The highest BCUT2D eigenvalue weighted by atomic mass is 35.5. The van der Waals surface area contributed by atoms with Gasteiger partial charge >= 0.3 is 0 Å². The first-order valence-electron chi connectivity index (χ1n) is 7.11. The zero-order chi connectivity index (χ0) is 14.7. The highest BCUT2D eigenvalue weighted by Crippen LogP contribution is 2.28.